The second-order valence-corrected chi connectivity index (χ2v) is 7.53. The van der Waals surface area contributed by atoms with Crippen molar-refractivity contribution in [2.24, 2.45) is 0 Å². The lowest BCUT2D eigenvalue weighted by atomic mass is 10.0. The summed E-state index contributed by atoms with van der Waals surface area (Å²) in [5.74, 6) is 1.79. The van der Waals surface area contributed by atoms with Crippen LogP contribution in [0.2, 0.25) is 0 Å². The van der Waals surface area contributed by atoms with Crippen LogP contribution in [-0.2, 0) is 11.3 Å². The molecule has 1 heterocycles. The number of benzene rings is 2. The first-order valence-electron chi connectivity index (χ1n) is 9.75. The highest BCUT2D eigenvalue weighted by atomic mass is 16.5. The molecule has 0 spiro atoms. The minimum atomic E-state index is -0.629. The molecule has 0 saturated heterocycles. The minimum Gasteiger partial charge on any atom is -0.481 e. The summed E-state index contributed by atoms with van der Waals surface area (Å²) in [4.78, 5) is 18.7. The van der Waals surface area contributed by atoms with Crippen LogP contribution in [0.15, 0.2) is 53.1 Å². The van der Waals surface area contributed by atoms with Gasteiger partial charge in [-0.2, -0.15) is 4.98 Å². The van der Waals surface area contributed by atoms with Crippen LogP contribution in [0.25, 0.3) is 11.4 Å². The van der Waals surface area contributed by atoms with Gasteiger partial charge in [0.25, 0.3) is 5.91 Å². The zero-order valence-corrected chi connectivity index (χ0v) is 17.5. The molecule has 0 radical (unpaired) electrons. The van der Waals surface area contributed by atoms with Crippen molar-refractivity contribution in [1.29, 1.82) is 0 Å². The van der Waals surface area contributed by atoms with Crippen molar-refractivity contribution in [3.05, 3.63) is 65.5 Å². The Balaban J connectivity index is 1.66. The largest absolute Gasteiger partial charge is 0.481 e. The number of carbonyl (C=O) groups excluding carboxylic acids is 1. The molecular weight excluding hydrogens is 366 g/mol. The number of nitrogens with zero attached hydrogens (tertiary/aromatic N) is 3. The van der Waals surface area contributed by atoms with Crippen LogP contribution in [0.4, 0.5) is 0 Å². The van der Waals surface area contributed by atoms with Crippen LogP contribution < -0.4 is 4.74 Å². The topological polar surface area (TPSA) is 68.5 Å². The number of aromatic nitrogens is 2. The Morgan fingerprint density at radius 3 is 2.55 bits per heavy atom. The third kappa shape index (κ3) is 5.02. The molecule has 6 heteroatoms. The zero-order valence-electron chi connectivity index (χ0n) is 17.5. The molecule has 0 N–H and O–H groups in total. The molecule has 0 aliphatic carbocycles. The molecule has 0 fully saturated rings. The fourth-order valence-corrected chi connectivity index (χ4v) is 3.08. The highest BCUT2D eigenvalue weighted by Crippen LogP contribution is 2.28. The summed E-state index contributed by atoms with van der Waals surface area (Å²) >= 11 is 0. The predicted octanol–water partition coefficient (Wildman–Crippen LogP) is 4.59. The van der Waals surface area contributed by atoms with Gasteiger partial charge in [-0.1, -0.05) is 61.5 Å². The number of hydrogen-bond donors (Lipinski definition) is 0. The highest BCUT2D eigenvalue weighted by molar-refractivity contribution is 5.80. The molecule has 6 nitrogen and oxygen atoms in total. The van der Waals surface area contributed by atoms with E-state index in [1.165, 1.54) is 4.90 Å². The molecule has 3 rings (SSSR count). The second-order valence-electron chi connectivity index (χ2n) is 7.53. The van der Waals surface area contributed by atoms with Gasteiger partial charge in [0, 0.05) is 12.6 Å². The molecule has 29 heavy (non-hydrogen) atoms. The first kappa shape index (κ1) is 20.6. The van der Waals surface area contributed by atoms with Crippen molar-refractivity contribution in [2.75, 3.05) is 7.05 Å². The average molecular weight is 393 g/mol. The summed E-state index contributed by atoms with van der Waals surface area (Å²) in [5.41, 5.74) is 3.05. The Morgan fingerprint density at radius 2 is 1.86 bits per heavy atom. The number of aryl methyl sites for hydroxylation is 1. The Hall–Kier alpha value is -3.15. The lowest BCUT2D eigenvalue weighted by Crippen LogP contribution is -2.37. The van der Waals surface area contributed by atoms with Crippen molar-refractivity contribution >= 4 is 5.91 Å². The summed E-state index contributed by atoms with van der Waals surface area (Å²) in [6.45, 7) is 8.20. The molecule has 1 amide bonds. The Morgan fingerprint density at radius 1 is 1.14 bits per heavy atom. The summed E-state index contributed by atoms with van der Waals surface area (Å²) in [6.07, 6.45) is -0.629. The summed E-state index contributed by atoms with van der Waals surface area (Å²) in [5, 5.41) is 4.00. The number of ether oxygens (including phenoxy) is 1. The number of rotatable bonds is 7. The fraction of sp³-hybridized carbons (Fsp3) is 0.348. The van der Waals surface area contributed by atoms with Crippen LogP contribution in [-0.4, -0.2) is 34.1 Å². The lowest BCUT2D eigenvalue weighted by Gasteiger charge is -2.23. The Bertz CT molecular complexity index is 967. The number of hydrogen-bond acceptors (Lipinski definition) is 5. The van der Waals surface area contributed by atoms with E-state index >= 15 is 0 Å². The fourth-order valence-electron chi connectivity index (χ4n) is 3.08. The molecule has 0 bridgehead atoms. The average Bonchev–Trinajstić information content (AvgIpc) is 3.16. The van der Waals surface area contributed by atoms with Gasteiger partial charge < -0.3 is 14.2 Å². The molecule has 3 aromatic rings. The highest BCUT2D eigenvalue weighted by Gasteiger charge is 2.23. The summed E-state index contributed by atoms with van der Waals surface area (Å²) in [7, 11) is 1.70. The smallest absolute Gasteiger partial charge is 0.263 e. The molecule has 1 aromatic heterocycles. The van der Waals surface area contributed by atoms with Crippen LogP contribution in [0.3, 0.4) is 0 Å². The number of likely N-dealkylation sites (N-methyl/N-ethyl adjacent to an activating group) is 1. The Labute approximate surface area is 171 Å². The van der Waals surface area contributed by atoms with Crippen molar-refractivity contribution < 1.29 is 14.1 Å². The van der Waals surface area contributed by atoms with Crippen molar-refractivity contribution in [1.82, 2.24) is 15.0 Å². The molecule has 152 valence electrons. The van der Waals surface area contributed by atoms with Gasteiger partial charge in [0.2, 0.25) is 11.7 Å². The molecule has 0 saturated carbocycles. The maximum Gasteiger partial charge on any atom is 0.263 e. The molecule has 2 aromatic carbocycles. The van der Waals surface area contributed by atoms with Gasteiger partial charge in [-0.3, -0.25) is 4.79 Å². The monoisotopic (exact) mass is 393 g/mol. The van der Waals surface area contributed by atoms with E-state index in [1.807, 2.05) is 43.3 Å². The Kier molecular flexibility index (Phi) is 6.32. The van der Waals surface area contributed by atoms with Crippen LogP contribution in [0, 0.1) is 6.92 Å². The van der Waals surface area contributed by atoms with E-state index in [4.69, 9.17) is 9.26 Å². The third-order valence-electron chi connectivity index (χ3n) is 4.69. The first-order valence-corrected chi connectivity index (χ1v) is 9.75. The molecule has 1 atom stereocenters. The summed E-state index contributed by atoms with van der Waals surface area (Å²) < 4.78 is 11.3. The lowest BCUT2D eigenvalue weighted by molar-refractivity contribution is -0.137. The third-order valence-corrected chi connectivity index (χ3v) is 4.69. The SMILES string of the molecule is Cc1ccc(C(C)C)c(OC(C)C(=O)N(C)Cc2nc(-c3ccccc3)no2)c1. The van der Waals surface area contributed by atoms with Crippen molar-refractivity contribution in [3.63, 3.8) is 0 Å². The van der Waals surface area contributed by atoms with Gasteiger partial charge in [-0.25, -0.2) is 0 Å². The van der Waals surface area contributed by atoms with E-state index in [2.05, 4.69) is 36.1 Å². The van der Waals surface area contributed by atoms with Gasteiger partial charge in [0.15, 0.2) is 6.10 Å². The van der Waals surface area contributed by atoms with Crippen molar-refractivity contribution in [2.45, 2.75) is 46.3 Å². The van der Waals surface area contributed by atoms with Crippen LogP contribution in [0.5, 0.6) is 5.75 Å². The van der Waals surface area contributed by atoms with Gasteiger partial charge >= 0.3 is 0 Å². The normalized spacial score (nSPS) is 12.1. The van der Waals surface area contributed by atoms with E-state index < -0.39 is 6.10 Å². The zero-order chi connectivity index (χ0) is 21.0. The van der Waals surface area contributed by atoms with E-state index in [-0.39, 0.29) is 12.5 Å². The van der Waals surface area contributed by atoms with E-state index in [0.29, 0.717) is 17.6 Å². The maximum atomic E-state index is 12.8. The van der Waals surface area contributed by atoms with E-state index in [1.54, 1.807) is 14.0 Å². The molecule has 0 aliphatic rings. The first-order chi connectivity index (χ1) is 13.8. The van der Waals surface area contributed by atoms with Crippen LogP contribution in [0.1, 0.15) is 43.7 Å². The van der Waals surface area contributed by atoms with Gasteiger partial charge in [0.1, 0.15) is 5.75 Å². The van der Waals surface area contributed by atoms with Crippen LogP contribution >= 0.6 is 0 Å². The molecule has 1 unspecified atom stereocenters. The predicted molar refractivity (Wildman–Crippen MR) is 112 cm³/mol. The molecule has 0 aliphatic heterocycles. The van der Waals surface area contributed by atoms with Crippen molar-refractivity contribution in [3.8, 4) is 17.1 Å². The van der Waals surface area contributed by atoms with E-state index in [0.717, 1.165) is 22.4 Å². The standard InChI is InChI=1S/C23H27N3O3/c1-15(2)19-12-11-16(3)13-20(19)28-17(4)23(27)26(5)14-21-24-22(25-29-21)18-9-7-6-8-10-18/h6-13,15,17H,14H2,1-5H3. The van der Waals surface area contributed by atoms with Gasteiger partial charge in [0.05, 0.1) is 6.54 Å². The minimum absolute atomic E-state index is 0.152. The van der Waals surface area contributed by atoms with E-state index in [9.17, 15) is 4.79 Å². The summed E-state index contributed by atoms with van der Waals surface area (Å²) in [6, 6.07) is 15.7. The maximum absolute atomic E-state index is 12.8. The quantitative estimate of drug-likeness (QED) is 0.587. The van der Waals surface area contributed by atoms with Gasteiger partial charge in [-0.05, 0) is 37.0 Å². The number of amides is 1. The molecular formula is C23H27N3O3. The van der Waals surface area contributed by atoms with Gasteiger partial charge in [-0.15, -0.1) is 0 Å². The second kappa shape index (κ2) is 8.90. The number of carbonyl (C=O) groups is 1.